The van der Waals surface area contributed by atoms with Gasteiger partial charge < -0.3 is 5.73 Å². The van der Waals surface area contributed by atoms with Crippen molar-refractivity contribution in [2.45, 2.75) is 51.3 Å². The number of hydrogen-bond donors (Lipinski definition) is 1. The van der Waals surface area contributed by atoms with Crippen LogP contribution in [0.5, 0.6) is 0 Å². The van der Waals surface area contributed by atoms with Crippen LogP contribution in [0.25, 0.3) is 0 Å². The highest BCUT2D eigenvalue weighted by atomic mass is 32.2. The molecular weight excluding hydrogens is 246 g/mol. The minimum absolute atomic E-state index is 0.261. The molecule has 0 aliphatic carbocycles. The third-order valence-corrected chi connectivity index (χ3v) is 5.83. The van der Waals surface area contributed by atoms with Gasteiger partial charge in [-0.25, -0.2) is 0 Å². The maximum Gasteiger partial charge on any atom is 0.0392 e. The lowest BCUT2D eigenvalue weighted by Gasteiger charge is -2.15. The van der Waals surface area contributed by atoms with E-state index in [1.165, 1.54) is 35.6 Å². The number of thioether (sulfide) groups is 1. The summed E-state index contributed by atoms with van der Waals surface area (Å²) in [5, 5.41) is 0. The van der Waals surface area contributed by atoms with Crippen molar-refractivity contribution in [3.63, 3.8) is 0 Å². The van der Waals surface area contributed by atoms with Crippen LogP contribution in [0.2, 0.25) is 0 Å². The van der Waals surface area contributed by atoms with Crippen LogP contribution in [-0.2, 0) is 12.2 Å². The molecule has 0 amide bonds. The van der Waals surface area contributed by atoms with Crippen molar-refractivity contribution >= 4 is 23.1 Å². The molecule has 17 heavy (non-hydrogen) atoms. The van der Waals surface area contributed by atoms with E-state index in [4.69, 9.17) is 5.73 Å². The van der Waals surface area contributed by atoms with Crippen LogP contribution in [0.3, 0.4) is 0 Å². The molecule has 0 saturated carbocycles. The molecular formula is C14H23NS2. The molecule has 2 heterocycles. The predicted molar refractivity (Wildman–Crippen MR) is 79.8 cm³/mol. The van der Waals surface area contributed by atoms with Crippen LogP contribution in [-0.4, -0.2) is 5.75 Å². The van der Waals surface area contributed by atoms with Gasteiger partial charge in [-0.15, -0.1) is 11.3 Å². The highest BCUT2D eigenvalue weighted by Gasteiger charge is 2.18. The van der Waals surface area contributed by atoms with E-state index in [2.05, 4.69) is 31.7 Å². The summed E-state index contributed by atoms with van der Waals surface area (Å²) in [6.07, 6.45) is 4.96. The van der Waals surface area contributed by atoms with Gasteiger partial charge in [0, 0.05) is 21.5 Å². The monoisotopic (exact) mass is 269 g/mol. The third kappa shape index (κ3) is 3.49. The molecule has 3 heteroatoms. The molecule has 2 rings (SSSR count). The fourth-order valence-corrected chi connectivity index (χ4v) is 4.90. The van der Waals surface area contributed by atoms with Crippen LogP contribution in [0.1, 0.15) is 54.5 Å². The second-order valence-corrected chi connectivity index (χ2v) is 7.41. The van der Waals surface area contributed by atoms with Gasteiger partial charge in [-0.2, -0.15) is 11.8 Å². The molecule has 0 fully saturated rings. The van der Waals surface area contributed by atoms with Gasteiger partial charge in [0.15, 0.2) is 0 Å². The Morgan fingerprint density at radius 3 is 3.00 bits per heavy atom. The van der Waals surface area contributed by atoms with Crippen LogP contribution < -0.4 is 5.73 Å². The van der Waals surface area contributed by atoms with Crippen molar-refractivity contribution in [1.29, 1.82) is 0 Å². The van der Waals surface area contributed by atoms with E-state index in [9.17, 15) is 0 Å². The Bertz CT molecular complexity index is 336. The van der Waals surface area contributed by atoms with Gasteiger partial charge in [0.1, 0.15) is 0 Å². The average Bonchev–Trinajstić information content (AvgIpc) is 2.72. The second-order valence-electron chi connectivity index (χ2n) is 5.14. The standard InChI is InChI=1S/C14H23NS2/c1-3-4-10(2)7-12(15)14-8-11-9-16-6-5-13(11)17-14/h8,10,12H,3-7,9,15H2,1-2H3. The van der Waals surface area contributed by atoms with Gasteiger partial charge in [-0.05, 0) is 36.1 Å². The number of aryl methyl sites for hydroxylation is 1. The van der Waals surface area contributed by atoms with Gasteiger partial charge in [0.05, 0.1) is 0 Å². The fraction of sp³-hybridized carbons (Fsp3) is 0.714. The average molecular weight is 269 g/mol. The van der Waals surface area contributed by atoms with Crippen molar-refractivity contribution in [3.05, 3.63) is 21.4 Å². The van der Waals surface area contributed by atoms with E-state index in [1.807, 2.05) is 11.3 Å². The minimum Gasteiger partial charge on any atom is -0.323 e. The number of nitrogens with two attached hydrogens (primary N) is 1. The molecule has 0 bridgehead atoms. The summed E-state index contributed by atoms with van der Waals surface area (Å²) < 4.78 is 0. The Kier molecular flexibility index (Phi) is 4.95. The normalized spacial score (nSPS) is 18.8. The summed E-state index contributed by atoms with van der Waals surface area (Å²) in [6.45, 7) is 4.58. The third-order valence-electron chi connectivity index (χ3n) is 3.45. The van der Waals surface area contributed by atoms with Crippen LogP contribution in [0.15, 0.2) is 6.07 Å². The van der Waals surface area contributed by atoms with Crippen molar-refractivity contribution < 1.29 is 0 Å². The molecule has 1 nitrogen and oxygen atoms in total. The SMILES string of the molecule is CCCC(C)CC(N)c1cc2c(s1)CCSC2. The molecule has 1 aromatic heterocycles. The van der Waals surface area contributed by atoms with Crippen LogP contribution >= 0.6 is 23.1 Å². The van der Waals surface area contributed by atoms with Gasteiger partial charge in [-0.1, -0.05) is 26.7 Å². The van der Waals surface area contributed by atoms with Crippen LogP contribution in [0.4, 0.5) is 0 Å². The van der Waals surface area contributed by atoms with E-state index in [1.54, 1.807) is 10.4 Å². The number of fused-ring (bicyclic) bond motifs is 1. The molecule has 96 valence electrons. The summed E-state index contributed by atoms with van der Waals surface area (Å²) >= 11 is 4.02. The van der Waals surface area contributed by atoms with E-state index in [0.29, 0.717) is 0 Å². The Labute approximate surface area is 113 Å². The van der Waals surface area contributed by atoms with Gasteiger partial charge in [-0.3, -0.25) is 0 Å². The first-order valence-electron chi connectivity index (χ1n) is 6.65. The zero-order valence-corrected chi connectivity index (χ0v) is 12.5. The van der Waals surface area contributed by atoms with Crippen molar-refractivity contribution in [2.75, 3.05) is 5.75 Å². The molecule has 1 aromatic rings. The van der Waals surface area contributed by atoms with Crippen molar-refractivity contribution in [3.8, 4) is 0 Å². The summed E-state index contributed by atoms with van der Waals surface area (Å²) in [5.74, 6) is 3.24. The molecule has 0 spiro atoms. The fourth-order valence-electron chi connectivity index (χ4n) is 2.51. The largest absolute Gasteiger partial charge is 0.323 e. The zero-order valence-electron chi connectivity index (χ0n) is 10.9. The smallest absolute Gasteiger partial charge is 0.0392 e. The summed E-state index contributed by atoms with van der Waals surface area (Å²) in [6, 6.07) is 2.63. The van der Waals surface area contributed by atoms with E-state index >= 15 is 0 Å². The first kappa shape index (κ1) is 13.4. The Morgan fingerprint density at radius 2 is 2.29 bits per heavy atom. The minimum atomic E-state index is 0.261. The quantitative estimate of drug-likeness (QED) is 0.859. The summed E-state index contributed by atoms with van der Waals surface area (Å²) in [5.41, 5.74) is 7.90. The summed E-state index contributed by atoms with van der Waals surface area (Å²) in [4.78, 5) is 3.01. The van der Waals surface area contributed by atoms with Crippen molar-refractivity contribution in [2.24, 2.45) is 11.7 Å². The zero-order chi connectivity index (χ0) is 12.3. The Morgan fingerprint density at radius 1 is 1.47 bits per heavy atom. The molecule has 0 radical (unpaired) electrons. The number of rotatable bonds is 5. The van der Waals surface area contributed by atoms with Gasteiger partial charge >= 0.3 is 0 Å². The molecule has 2 atom stereocenters. The lowest BCUT2D eigenvalue weighted by molar-refractivity contribution is 0.443. The molecule has 0 aromatic carbocycles. The molecule has 1 aliphatic heterocycles. The summed E-state index contributed by atoms with van der Waals surface area (Å²) in [7, 11) is 0. The number of thiophene rings is 1. The predicted octanol–water partition coefficient (Wildman–Crippen LogP) is 4.36. The lowest BCUT2D eigenvalue weighted by Crippen LogP contribution is -2.12. The van der Waals surface area contributed by atoms with E-state index < -0.39 is 0 Å². The molecule has 1 aliphatic rings. The maximum atomic E-state index is 6.34. The highest BCUT2D eigenvalue weighted by molar-refractivity contribution is 7.98. The topological polar surface area (TPSA) is 26.0 Å². The van der Waals surface area contributed by atoms with Crippen LogP contribution in [0, 0.1) is 5.92 Å². The van der Waals surface area contributed by atoms with Crippen molar-refractivity contribution in [1.82, 2.24) is 0 Å². The Balaban J connectivity index is 1.99. The van der Waals surface area contributed by atoms with E-state index in [-0.39, 0.29) is 6.04 Å². The first-order chi connectivity index (χ1) is 8.20. The highest BCUT2D eigenvalue weighted by Crippen LogP contribution is 2.35. The van der Waals surface area contributed by atoms with Gasteiger partial charge in [0.2, 0.25) is 0 Å². The second kappa shape index (κ2) is 6.26. The maximum absolute atomic E-state index is 6.34. The first-order valence-corrected chi connectivity index (χ1v) is 8.62. The number of hydrogen-bond acceptors (Lipinski definition) is 3. The van der Waals surface area contributed by atoms with Gasteiger partial charge in [0.25, 0.3) is 0 Å². The lowest BCUT2D eigenvalue weighted by atomic mass is 9.97. The molecule has 0 saturated heterocycles. The molecule has 2 N–H and O–H groups in total. The molecule has 2 unspecified atom stereocenters. The Hall–Kier alpha value is 0.01000. The van der Waals surface area contributed by atoms with E-state index in [0.717, 1.165) is 12.3 Å².